The molecule has 1 aromatic carbocycles. The lowest BCUT2D eigenvalue weighted by Gasteiger charge is -2.29. The van der Waals surface area contributed by atoms with Gasteiger partial charge in [0.25, 0.3) is 5.91 Å². The number of fused-ring (bicyclic) bond motifs is 1. The summed E-state index contributed by atoms with van der Waals surface area (Å²) in [5.41, 5.74) is 1.51. The number of ether oxygens (including phenoxy) is 1. The van der Waals surface area contributed by atoms with Crippen molar-refractivity contribution >= 4 is 5.91 Å². The average Bonchev–Trinajstić information content (AvgIpc) is 3.32. The Balaban J connectivity index is 1.54. The molecular weight excluding hydrogens is 314 g/mol. The van der Waals surface area contributed by atoms with Gasteiger partial charge in [-0.1, -0.05) is 32.0 Å². The summed E-state index contributed by atoms with van der Waals surface area (Å²) < 4.78 is 7.66. The van der Waals surface area contributed by atoms with Gasteiger partial charge in [0.05, 0.1) is 0 Å². The predicted octanol–water partition coefficient (Wildman–Crippen LogP) is 3.35. The molecule has 1 aromatic heterocycles. The van der Waals surface area contributed by atoms with Crippen molar-refractivity contribution < 1.29 is 9.53 Å². The number of carbonyl (C=O) groups is 1. The molecule has 132 valence electrons. The van der Waals surface area contributed by atoms with Crippen molar-refractivity contribution in [3.63, 3.8) is 0 Å². The molecule has 1 fully saturated rings. The van der Waals surface area contributed by atoms with E-state index in [4.69, 9.17) is 4.74 Å². The highest BCUT2D eigenvalue weighted by atomic mass is 16.5. The molecule has 0 N–H and O–H groups in total. The second-order valence-electron chi connectivity index (χ2n) is 8.07. The summed E-state index contributed by atoms with van der Waals surface area (Å²) in [6.45, 7) is 7.21. The number of para-hydroxylation sites is 1. The van der Waals surface area contributed by atoms with Gasteiger partial charge in [-0.2, -0.15) is 5.10 Å². The number of benzene rings is 1. The molecule has 0 unspecified atom stereocenters. The Morgan fingerprint density at radius 1 is 1.20 bits per heavy atom. The van der Waals surface area contributed by atoms with Crippen LogP contribution in [0, 0.1) is 11.3 Å². The molecule has 1 aliphatic carbocycles. The highest BCUT2D eigenvalue weighted by Gasteiger charge is 2.36. The summed E-state index contributed by atoms with van der Waals surface area (Å²) in [6.07, 6.45) is 2.50. The fourth-order valence-corrected chi connectivity index (χ4v) is 3.47. The van der Waals surface area contributed by atoms with Crippen molar-refractivity contribution in [2.24, 2.45) is 11.3 Å². The monoisotopic (exact) mass is 339 g/mol. The Kier molecular flexibility index (Phi) is 4.02. The standard InChI is InChI=1S/C20H25N3O2/c1-20(2)13-22(11-15-8-9-15)19(24)18-10-16(21-23(18)14-20)12-25-17-6-4-3-5-7-17/h3-7,10,15H,8-9,11-14H2,1-2H3. The molecule has 2 heterocycles. The minimum atomic E-state index is 0.0133. The van der Waals surface area contributed by atoms with Gasteiger partial charge in [-0.15, -0.1) is 0 Å². The Hall–Kier alpha value is -2.30. The molecule has 0 radical (unpaired) electrons. The van der Waals surface area contributed by atoms with E-state index in [1.165, 1.54) is 12.8 Å². The van der Waals surface area contributed by atoms with Crippen LogP contribution in [0.1, 0.15) is 42.9 Å². The maximum Gasteiger partial charge on any atom is 0.272 e. The molecule has 0 atom stereocenters. The first-order chi connectivity index (χ1) is 12.0. The first kappa shape index (κ1) is 16.2. The largest absolute Gasteiger partial charge is 0.487 e. The van der Waals surface area contributed by atoms with Crippen LogP contribution in [-0.4, -0.2) is 33.7 Å². The molecule has 25 heavy (non-hydrogen) atoms. The molecule has 2 aromatic rings. The molecule has 5 heteroatoms. The third kappa shape index (κ3) is 3.70. The van der Waals surface area contributed by atoms with Crippen LogP contribution in [0.4, 0.5) is 0 Å². The Morgan fingerprint density at radius 2 is 1.96 bits per heavy atom. The van der Waals surface area contributed by atoms with E-state index in [0.717, 1.165) is 31.1 Å². The van der Waals surface area contributed by atoms with Crippen molar-refractivity contribution in [3.05, 3.63) is 47.8 Å². The van der Waals surface area contributed by atoms with Crippen molar-refractivity contribution in [2.75, 3.05) is 13.1 Å². The van der Waals surface area contributed by atoms with Gasteiger partial charge in [0.2, 0.25) is 0 Å². The number of amides is 1. The fraction of sp³-hybridized carbons (Fsp3) is 0.500. The lowest BCUT2D eigenvalue weighted by Crippen LogP contribution is -2.38. The van der Waals surface area contributed by atoms with Crippen LogP contribution in [-0.2, 0) is 13.2 Å². The number of hydrogen-bond donors (Lipinski definition) is 0. The topological polar surface area (TPSA) is 47.4 Å². The number of nitrogens with zero attached hydrogens (tertiary/aromatic N) is 3. The highest BCUT2D eigenvalue weighted by molar-refractivity contribution is 5.93. The predicted molar refractivity (Wildman–Crippen MR) is 95.4 cm³/mol. The minimum Gasteiger partial charge on any atom is -0.487 e. The van der Waals surface area contributed by atoms with Gasteiger partial charge in [0, 0.05) is 25.0 Å². The fourth-order valence-electron chi connectivity index (χ4n) is 3.47. The van der Waals surface area contributed by atoms with Gasteiger partial charge in [-0.3, -0.25) is 9.48 Å². The lowest BCUT2D eigenvalue weighted by atomic mass is 9.93. The van der Waals surface area contributed by atoms with E-state index in [0.29, 0.717) is 18.2 Å². The number of rotatable bonds is 5. The highest BCUT2D eigenvalue weighted by Crippen LogP contribution is 2.33. The smallest absolute Gasteiger partial charge is 0.272 e. The van der Waals surface area contributed by atoms with Gasteiger partial charge in [-0.05, 0) is 37.0 Å². The SMILES string of the molecule is CC1(C)CN(CC2CC2)C(=O)c2cc(COc3ccccc3)nn2C1. The minimum absolute atomic E-state index is 0.0133. The summed E-state index contributed by atoms with van der Waals surface area (Å²) >= 11 is 0. The van der Waals surface area contributed by atoms with E-state index in [1.54, 1.807) is 0 Å². The molecule has 0 bridgehead atoms. The molecule has 1 amide bonds. The summed E-state index contributed by atoms with van der Waals surface area (Å²) in [5, 5.41) is 4.65. The summed E-state index contributed by atoms with van der Waals surface area (Å²) in [7, 11) is 0. The van der Waals surface area contributed by atoms with Gasteiger partial charge in [-0.25, -0.2) is 0 Å². The van der Waals surface area contributed by atoms with Crippen LogP contribution in [0.5, 0.6) is 5.75 Å². The van der Waals surface area contributed by atoms with E-state index >= 15 is 0 Å². The zero-order valence-corrected chi connectivity index (χ0v) is 14.9. The van der Waals surface area contributed by atoms with Crippen molar-refractivity contribution in [3.8, 4) is 5.75 Å². The molecule has 1 aliphatic heterocycles. The zero-order chi connectivity index (χ0) is 17.4. The van der Waals surface area contributed by atoms with E-state index in [1.807, 2.05) is 46.0 Å². The third-order valence-corrected chi connectivity index (χ3v) is 4.84. The third-order valence-electron chi connectivity index (χ3n) is 4.84. The lowest BCUT2D eigenvalue weighted by molar-refractivity contribution is 0.0693. The first-order valence-electron chi connectivity index (χ1n) is 9.04. The van der Waals surface area contributed by atoms with Crippen LogP contribution in [0.3, 0.4) is 0 Å². The molecular formula is C20H25N3O2. The zero-order valence-electron chi connectivity index (χ0n) is 14.9. The summed E-state index contributed by atoms with van der Waals surface area (Å²) in [6, 6.07) is 11.6. The normalized spacial score (nSPS) is 19.4. The maximum atomic E-state index is 13.0. The number of aromatic nitrogens is 2. The van der Waals surface area contributed by atoms with Crippen LogP contribution >= 0.6 is 0 Å². The van der Waals surface area contributed by atoms with Gasteiger partial charge >= 0.3 is 0 Å². The second kappa shape index (κ2) is 6.21. The van der Waals surface area contributed by atoms with Gasteiger partial charge in [0.1, 0.15) is 23.7 Å². The van der Waals surface area contributed by atoms with Crippen molar-refractivity contribution in [2.45, 2.75) is 39.8 Å². The Morgan fingerprint density at radius 3 is 2.68 bits per heavy atom. The Bertz CT molecular complexity index is 763. The van der Waals surface area contributed by atoms with Crippen LogP contribution < -0.4 is 4.74 Å². The molecule has 0 spiro atoms. The van der Waals surface area contributed by atoms with Gasteiger partial charge in [0.15, 0.2) is 0 Å². The second-order valence-corrected chi connectivity index (χ2v) is 8.07. The summed E-state index contributed by atoms with van der Waals surface area (Å²) in [5.74, 6) is 1.61. The summed E-state index contributed by atoms with van der Waals surface area (Å²) in [4.78, 5) is 15.0. The van der Waals surface area contributed by atoms with E-state index in [9.17, 15) is 4.79 Å². The van der Waals surface area contributed by atoms with E-state index in [2.05, 4.69) is 18.9 Å². The Labute approximate surface area is 148 Å². The molecule has 2 aliphatic rings. The quantitative estimate of drug-likeness (QED) is 0.839. The van der Waals surface area contributed by atoms with Crippen LogP contribution in [0.25, 0.3) is 0 Å². The molecule has 1 saturated carbocycles. The van der Waals surface area contributed by atoms with Gasteiger partial charge < -0.3 is 9.64 Å². The first-order valence-corrected chi connectivity index (χ1v) is 9.04. The van der Waals surface area contributed by atoms with Crippen molar-refractivity contribution in [1.82, 2.24) is 14.7 Å². The number of hydrogen-bond acceptors (Lipinski definition) is 3. The average molecular weight is 339 g/mol. The van der Waals surface area contributed by atoms with E-state index < -0.39 is 0 Å². The van der Waals surface area contributed by atoms with E-state index in [-0.39, 0.29) is 11.3 Å². The maximum absolute atomic E-state index is 13.0. The van der Waals surface area contributed by atoms with Crippen LogP contribution in [0.15, 0.2) is 36.4 Å². The molecule has 4 rings (SSSR count). The van der Waals surface area contributed by atoms with Crippen LogP contribution in [0.2, 0.25) is 0 Å². The molecule has 5 nitrogen and oxygen atoms in total. The number of carbonyl (C=O) groups excluding carboxylic acids is 1. The van der Waals surface area contributed by atoms with Crippen molar-refractivity contribution in [1.29, 1.82) is 0 Å². The molecule has 0 saturated heterocycles.